The Hall–Kier alpha value is -2.34. The molecule has 0 spiro atoms. The van der Waals surface area contributed by atoms with Gasteiger partial charge in [-0.3, -0.25) is 0 Å². The predicted octanol–water partition coefficient (Wildman–Crippen LogP) is 5.32. The van der Waals surface area contributed by atoms with Crippen molar-refractivity contribution in [3.8, 4) is 0 Å². The van der Waals surface area contributed by atoms with Crippen molar-refractivity contribution in [3.05, 3.63) is 106 Å². The summed E-state index contributed by atoms with van der Waals surface area (Å²) in [6.45, 7) is 1.92. The highest BCUT2D eigenvalue weighted by atomic mass is 32.3. The molecule has 0 fully saturated rings. The summed E-state index contributed by atoms with van der Waals surface area (Å²) in [6.07, 6.45) is 1.91. The van der Waals surface area contributed by atoms with E-state index >= 15 is 0 Å². The van der Waals surface area contributed by atoms with Crippen LogP contribution in [0.25, 0.3) is 10.2 Å². The third-order valence-electron chi connectivity index (χ3n) is 3.67. The number of rotatable bonds is 6. The van der Waals surface area contributed by atoms with Gasteiger partial charge >= 0.3 is 0 Å². The summed E-state index contributed by atoms with van der Waals surface area (Å²) in [6, 6.07) is 26.0. The molecule has 0 aromatic heterocycles. The monoisotopic (exact) mass is 381 g/mol. The van der Waals surface area contributed by atoms with Gasteiger partial charge in [-0.25, -0.2) is 8.42 Å². The number of hydrogen-bond donors (Lipinski definition) is 0. The first-order valence-electron chi connectivity index (χ1n) is 8.11. The summed E-state index contributed by atoms with van der Waals surface area (Å²) >= 11 is -0.907. The van der Waals surface area contributed by atoms with Crippen molar-refractivity contribution in [2.45, 2.75) is 16.7 Å². The van der Waals surface area contributed by atoms with Gasteiger partial charge in [-0.1, -0.05) is 66.2 Å². The van der Waals surface area contributed by atoms with Crippen LogP contribution in [-0.2, 0) is 21.1 Å². The Balaban J connectivity index is 1.91. The van der Waals surface area contributed by atoms with E-state index in [9.17, 15) is 8.42 Å². The van der Waals surface area contributed by atoms with Crippen molar-refractivity contribution < 1.29 is 8.42 Å². The van der Waals surface area contributed by atoms with E-state index in [0.717, 1.165) is 16.0 Å². The first-order chi connectivity index (χ1) is 12.5. The van der Waals surface area contributed by atoms with Crippen LogP contribution in [0.3, 0.4) is 0 Å². The highest BCUT2D eigenvalue weighted by molar-refractivity contribution is 8.16. The van der Waals surface area contributed by atoms with Crippen molar-refractivity contribution in [1.82, 2.24) is 0 Å². The largest absolute Gasteiger partial charge is 0.302 e. The topological polar surface area (TPSA) is 48.2 Å². The van der Waals surface area contributed by atoms with E-state index in [0.29, 0.717) is 0 Å². The second kappa shape index (κ2) is 8.36. The molecule has 26 heavy (non-hydrogen) atoms. The third kappa shape index (κ3) is 4.85. The van der Waals surface area contributed by atoms with Crippen LogP contribution >= 0.6 is 0 Å². The summed E-state index contributed by atoms with van der Waals surface area (Å²) in [5, 5.41) is 1.84. The maximum atomic E-state index is 12.7. The average Bonchev–Trinajstić information content (AvgIpc) is 2.67. The fourth-order valence-electron chi connectivity index (χ4n) is 2.27. The van der Waals surface area contributed by atoms with Crippen LogP contribution in [-0.4, -0.2) is 8.42 Å². The smallest absolute Gasteiger partial charge is 0.148 e. The van der Waals surface area contributed by atoms with Gasteiger partial charge in [0.05, 0.1) is 4.90 Å². The van der Waals surface area contributed by atoms with Crippen LogP contribution < -0.4 is 0 Å². The minimum Gasteiger partial charge on any atom is -0.302 e. The molecule has 1 atom stereocenters. The Morgan fingerprint density at radius 1 is 0.808 bits per heavy atom. The highest BCUT2D eigenvalue weighted by Gasteiger charge is 2.17. The summed E-state index contributed by atoms with van der Waals surface area (Å²) in [4.78, 5) is 1.07. The van der Waals surface area contributed by atoms with Gasteiger partial charge in [-0.15, -0.1) is 0 Å². The molecule has 0 aliphatic rings. The minimum atomic E-state index is -3.74. The van der Waals surface area contributed by atoms with E-state index in [4.69, 9.17) is 0 Å². The maximum absolute atomic E-state index is 12.7. The number of hydrogen-bond acceptors (Lipinski definition) is 2. The maximum Gasteiger partial charge on any atom is 0.148 e. The quantitative estimate of drug-likeness (QED) is 0.543. The van der Waals surface area contributed by atoms with Crippen molar-refractivity contribution >= 4 is 27.2 Å². The Morgan fingerprint density at radius 2 is 1.38 bits per heavy atom. The zero-order chi connectivity index (χ0) is 18.4. The normalized spacial score (nSPS) is 13.0. The molecule has 0 heterocycles. The molecule has 1 unspecified atom stereocenters. The molecule has 3 nitrogen and oxygen atoms in total. The lowest BCUT2D eigenvalue weighted by Crippen LogP contribution is -2.06. The predicted molar refractivity (Wildman–Crippen MR) is 109 cm³/mol. The van der Waals surface area contributed by atoms with E-state index in [1.54, 1.807) is 24.3 Å². The Morgan fingerprint density at radius 3 is 2.00 bits per heavy atom. The Bertz CT molecular complexity index is 968. The molecule has 0 radical (unpaired) electrons. The molecule has 0 saturated carbocycles. The molecule has 0 N–H and O–H groups in total. The molecule has 0 amide bonds. The molecule has 0 aliphatic carbocycles. The molecule has 132 valence electrons. The zero-order valence-electron chi connectivity index (χ0n) is 14.3. The summed E-state index contributed by atoms with van der Waals surface area (Å²) in [7, 11) is -3.74. The van der Waals surface area contributed by atoms with Gasteiger partial charge in [0, 0.05) is 0 Å². The lowest BCUT2D eigenvalue weighted by molar-refractivity contribution is 0.604. The zero-order valence-corrected chi connectivity index (χ0v) is 16.0. The Labute approximate surface area is 157 Å². The molecular weight excluding hydrogens is 362 g/mol. The molecule has 0 aliphatic heterocycles. The van der Waals surface area contributed by atoms with Crippen LogP contribution in [0.1, 0.15) is 11.1 Å². The third-order valence-corrected chi connectivity index (χ3v) is 7.12. The van der Waals surface area contributed by atoms with Gasteiger partial charge in [0.15, 0.2) is 0 Å². The van der Waals surface area contributed by atoms with Gasteiger partial charge in [0.2, 0.25) is 0 Å². The van der Waals surface area contributed by atoms with Gasteiger partial charge in [0.25, 0.3) is 0 Å². The van der Waals surface area contributed by atoms with Crippen LogP contribution in [0.2, 0.25) is 0 Å². The van der Waals surface area contributed by atoms with Gasteiger partial charge in [0.1, 0.15) is 20.3 Å². The molecule has 0 saturated heterocycles. The molecule has 0 bridgehead atoms. The molecule has 3 rings (SSSR count). The van der Waals surface area contributed by atoms with E-state index < -0.39 is 21.1 Å². The number of aryl methyl sites for hydroxylation is 1. The molecule has 5 heteroatoms. The van der Waals surface area contributed by atoms with Crippen LogP contribution in [0, 0.1) is 6.92 Å². The standard InChI is InChI=1S/C21H19NO2S2/c1-18-12-14-21(15-13-18)26(23,24)22-25(20-10-6-3-7-11-20)17-16-19-8-4-2-5-9-19/h2-17H,1H3/b17-16-. The van der Waals surface area contributed by atoms with Gasteiger partial charge in [-0.05, 0) is 53.9 Å². The highest BCUT2D eigenvalue weighted by Crippen LogP contribution is 2.29. The van der Waals surface area contributed by atoms with Gasteiger partial charge in [-0.2, -0.15) is 0 Å². The fraction of sp³-hybridized carbons (Fsp3) is 0.0476. The van der Waals surface area contributed by atoms with Crippen LogP contribution in [0.15, 0.2) is 100 Å². The second-order valence-electron chi connectivity index (χ2n) is 5.70. The van der Waals surface area contributed by atoms with E-state index in [1.807, 2.05) is 79.1 Å². The van der Waals surface area contributed by atoms with E-state index in [-0.39, 0.29) is 4.90 Å². The molecule has 3 aromatic carbocycles. The van der Waals surface area contributed by atoms with E-state index in [2.05, 4.69) is 4.13 Å². The SMILES string of the molecule is Cc1ccc(S(=O)(=O)[N-][S+](/C=C\c2ccccc2)c2ccccc2)cc1. The minimum absolute atomic E-state index is 0.213. The summed E-state index contributed by atoms with van der Waals surface area (Å²) < 4.78 is 29.7. The summed E-state index contributed by atoms with van der Waals surface area (Å²) in [5.74, 6) is 0. The Kier molecular flexibility index (Phi) is 5.93. The van der Waals surface area contributed by atoms with Crippen LogP contribution in [0.4, 0.5) is 0 Å². The second-order valence-corrected chi connectivity index (χ2v) is 9.09. The van der Waals surface area contributed by atoms with Crippen molar-refractivity contribution in [3.63, 3.8) is 0 Å². The van der Waals surface area contributed by atoms with Crippen molar-refractivity contribution in [2.75, 3.05) is 0 Å². The van der Waals surface area contributed by atoms with Crippen molar-refractivity contribution in [1.29, 1.82) is 0 Å². The van der Waals surface area contributed by atoms with Gasteiger partial charge < -0.3 is 4.13 Å². The van der Waals surface area contributed by atoms with Crippen molar-refractivity contribution in [2.24, 2.45) is 0 Å². The lowest BCUT2D eigenvalue weighted by Gasteiger charge is -2.18. The van der Waals surface area contributed by atoms with E-state index in [1.165, 1.54) is 0 Å². The number of benzene rings is 3. The number of nitrogens with zero attached hydrogens (tertiary/aromatic N) is 1. The molecular formula is C21H19NO2S2. The lowest BCUT2D eigenvalue weighted by atomic mass is 10.2. The first kappa shape index (κ1) is 18.5. The summed E-state index contributed by atoms with van der Waals surface area (Å²) in [5.41, 5.74) is 2.01. The first-order valence-corrected chi connectivity index (χ1v) is 10.8. The average molecular weight is 382 g/mol. The number of sulfonamides is 1. The van der Waals surface area contributed by atoms with Crippen LogP contribution in [0.5, 0.6) is 0 Å². The molecule has 3 aromatic rings. The fourth-order valence-corrected chi connectivity index (χ4v) is 5.36.